The second-order valence-electron chi connectivity index (χ2n) is 5.85. The molecule has 0 aromatic heterocycles. The summed E-state index contributed by atoms with van der Waals surface area (Å²) in [6.07, 6.45) is 4.18. The van der Waals surface area contributed by atoms with Crippen LogP contribution in [0.2, 0.25) is 0 Å². The predicted molar refractivity (Wildman–Crippen MR) is 72.7 cm³/mol. The Morgan fingerprint density at radius 3 is 2.30 bits per heavy atom. The van der Waals surface area contributed by atoms with E-state index in [0.717, 1.165) is 0 Å². The zero-order valence-corrected chi connectivity index (χ0v) is 12.4. The Morgan fingerprint density at radius 1 is 1.15 bits per heavy atom. The Kier molecular flexibility index (Phi) is 5.92. The molecule has 5 nitrogen and oxygen atoms in total. The average molecular weight is 282 g/mol. The average Bonchev–Trinajstić information content (AvgIpc) is 2.31. The van der Waals surface area contributed by atoms with Crippen molar-refractivity contribution in [3.63, 3.8) is 0 Å². The number of rotatable bonds is 6. The van der Waals surface area contributed by atoms with Gasteiger partial charge in [0, 0.05) is 31.8 Å². The number of allylic oxidation sites excluding steroid dienone is 2. The summed E-state index contributed by atoms with van der Waals surface area (Å²) in [6.45, 7) is 3.95. The number of esters is 2. The normalized spacial score (nSPS) is 17.4. The smallest absolute Gasteiger partial charge is 0.310 e. The molecule has 1 rings (SSSR count). The molecule has 5 heteroatoms. The van der Waals surface area contributed by atoms with Gasteiger partial charge in [-0.1, -0.05) is 13.8 Å². The first kappa shape index (κ1) is 16.4. The Hall–Kier alpha value is -1.65. The third-order valence-corrected chi connectivity index (χ3v) is 3.11. The maximum absolute atomic E-state index is 11.7. The molecule has 0 aromatic rings. The van der Waals surface area contributed by atoms with Gasteiger partial charge in [0.25, 0.3) is 0 Å². The van der Waals surface area contributed by atoms with Gasteiger partial charge in [0.2, 0.25) is 0 Å². The van der Waals surface area contributed by atoms with Gasteiger partial charge < -0.3 is 9.47 Å². The highest BCUT2D eigenvalue weighted by Gasteiger charge is 2.29. The van der Waals surface area contributed by atoms with E-state index in [-0.39, 0.29) is 29.6 Å². The summed E-state index contributed by atoms with van der Waals surface area (Å²) in [5.74, 6) is -0.189. The molecule has 0 fully saturated rings. The van der Waals surface area contributed by atoms with Crippen molar-refractivity contribution < 1.29 is 23.9 Å². The molecule has 0 aliphatic heterocycles. The number of carbonyl (C=O) groups is 3. The molecule has 0 unspecified atom stereocenters. The zero-order chi connectivity index (χ0) is 15.2. The Labute approximate surface area is 119 Å². The van der Waals surface area contributed by atoms with E-state index < -0.39 is 0 Å². The summed E-state index contributed by atoms with van der Waals surface area (Å²) in [4.78, 5) is 34.1. The Morgan fingerprint density at radius 2 is 1.75 bits per heavy atom. The van der Waals surface area contributed by atoms with Crippen LogP contribution < -0.4 is 0 Å². The minimum absolute atomic E-state index is 0.00487. The van der Waals surface area contributed by atoms with E-state index in [9.17, 15) is 14.4 Å². The number of unbranched alkanes of at least 4 members (excludes halogenated alkanes) is 1. The summed E-state index contributed by atoms with van der Waals surface area (Å²) in [5, 5.41) is 0. The van der Waals surface area contributed by atoms with Crippen LogP contribution >= 0.6 is 0 Å². The number of ketones is 1. The topological polar surface area (TPSA) is 69.7 Å². The first-order valence-corrected chi connectivity index (χ1v) is 6.83. The van der Waals surface area contributed by atoms with Gasteiger partial charge in [0.1, 0.15) is 5.76 Å². The number of methoxy groups -OCH3 is 1. The molecule has 112 valence electrons. The highest BCUT2D eigenvalue weighted by Crippen LogP contribution is 2.34. The number of ether oxygens (including phenoxy) is 2. The summed E-state index contributed by atoms with van der Waals surface area (Å²) >= 11 is 0. The largest absolute Gasteiger partial charge is 0.469 e. The predicted octanol–water partition coefficient (Wildman–Crippen LogP) is 2.54. The van der Waals surface area contributed by atoms with E-state index in [4.69, 9.17) is 4.74 Å². The van der Waals surface area contributed by atoms with Crippen LogP contribution in [-0.4, -0.2) is 24.8 Å². The van der Waals surface area contributed by atoms with Crippen molar-refractivity contribution in [2.75, 3.05) is 7.11 Å². The van der Waals surface area contributed by atoms with Gasteiger partial charge in [-0.15, -0.1) is 0 Å². The van der Waals surface area contributed by atoms with Crippen LogP contribution in [-0.2, 0) is 23.9 Å². The van der Waals surface area contributed by atoms with Gasteiger partial charge >= 0.3 is 11.9 Å². The van der Waals surface area contributed by atoms with Crippen molar-refractivity contribution in [1.82, 2.24) is 0 Å². The molecule has 0 spiro atoms. The molecule has 20 heavy (non-hydrogen) atoms. The van der Waals surface area contributed by atoms with Gasteiger partial charge in [-0.05, 0) is 18.3 Å². The van der Waals surface area contributed by atoms with Crippen molar-refractivity contribution in [2.24, 2.45) is 5.41 Å². The van der Waals surface area contributed by atoms with Crippen LogP contribution in [0.15, 0.2) is 11.8 Å². The molecule has 1 aliphatic rings. The molecule has 0 atom stereocenters. The highest BCUT2D eigenvalue weighted by molar-refractivity contribution is 5.92. The van der Waals surface area contributed by atoms with Gasteiger partial charge in [-0.2, -0.15) is 0 Å². The van der Waals surface area contributed by atoms with Crippen molar-refractivity contribution in [2.45, 2.75) is 52.4 Å². The molecule has 0 amide bonds. The van der Waals surface area contributed by atoms with E-state index >= 15 is 0 Å². The van der Waals surface area contributed by atoms with E-state index in [2.05, 4.69) is 4.74 Å². The Balaban J connectivity index is 2.32. The van der Waals surface area contributed by atoms with Gasteiger partial charge in [-0.3, -0.25) is 14.4 Å². The molecular formula is C15H22O5. The molecule has 0 saturated heterocycles. The molecule has 0 saturated carbocycles. The zero-order valence-electron chi connectivity index (χ0n) is 12.4. The van der Waals surface area contributed by atoms with Crippen LogP contribution in [0.5, 0.6) is 0 Å². The van der Waals surface area contributed by atoms with Crippen LogP contribution in [0.1, 0.15) is 52.4 Å². The number of carbonyl (C=O) groups excluding carboxylic acids is 3. The second kappa shape index (κ2) is 7.22. The lowest BCUT2D eigenvalue weighted by Crippen LogP contribution is -2.23. The fraction of sp³-hybridized carbons (Fsp3) is 0.667. The van der Waals surface area contributed by atoms with Crippen LogP contribution in [0, 0.1) is 5.41 Å². The van der Waals surface area contributed by atoms with E-state index in [0.29, 0.717) is 37.9 Å². The van der Waals surface area contributed by atoms with Gasteiger partial charge in [-0.25, -0.2) is 0 Å². The third-order valence-electron chi connectivity index (χ3n) is 3.11. The van der Waals surface area contributed by atoms with Gasteiger partial charge in [0.05, 0.1) is 7.11 Å². The highest BCUT2D eigenvalue weighted by atomic mass is 16.5. The maximum atomic E-state index is 11.7. The van der Waals surface area contributed by atoms with Crippen LogP contribution in [0.3, 0.4) is 0 Å². The van der Waals surface area contributed by atoms with E-state index in [1.165, 1.54) is 13.2 Å². The molecule has 0 heterocycles. The first-order chi connectivity index (χ1) is 9.32. The van der Waals surface area contributed by atoms with Crippen LogP contribution in [0.4, 0.5) is 0 Å². The van der Waals surface area contributed by atoms with E-state index in [1.807, 2.05) is 13.8 Å². The summed E-state index contributed by atoms with van der Waals surface area (Å²) in [5.41, 5.74) is -0.160. The summed E-state index contributed by atoms with van der Waals surface area (Å²) < 4.78 is 9.73. The van der Waals surface area contributed by atoms with Gasteiger partial charge in [0.15, 0.2) is 5.78 Å². The number of hydrogen-bond donors (Lipinski definition) is 0. The molecule has 1 aliphatic carbocycles. The molecule has 0 radical (unpaired) electrons. The SMILES string of the molecule is COC(=O)CCCCC(=O)OC1=CC(=O)CC(C)(C)C1. The maximum Gasteiger partial charge on any atom is 0.310 e. The molecule has 0 aromatic carbocycles. The lowest BCUT2D eigenvalue weighted by molar-refractivity contribution is -0.142. The standard InChI is InChI=1S/C15H22O5/c1-15(2)9-11(16)8-12(10-15)20-14(18)7-5-4-6-13(17)19-3/h8H,4-7,9-10H2,1-3H3. The summed E-state index contributed by atoms with van der Waals surface area (Å²) in [6, 6.07) is 0. The fourth-order valence-electron chi connectivity index (χ4n) is 2.19. The third kappa shape index (κ3) is 5.99. The van der Waals surface area contributed by atoms with E-state index in [1.54, 1.807) is 0 Å². The molecule has 0 N–H and O–H groups in total. The van der Waals surface area contributed by atoms with Crippen molar-refractivity contribution in [3.8, 4) is 0 Å². The second-order valence-corrected chi connectivity index (χ2v) is 5.85. The Bertz CT molecular complexity index is 420. The first-order valence-electron chi connectivity index (χ1n) is 6.83. The minimum Gasteiger partial charge on any atom is -0.469 e. The van der Waals surface area contributed by atoms with Crippen LogP contribution in [0.25, 0.3) is 0 Å². The van der Waals surface area contributed by atoms with Crippen molar-refractivity contribution in [1.29, 1.82) is 0 Å². The van der Waals surface area contributed by atoms with Crippen molar-refractivity contribution in [3.05, 3.63) is 11.8 Å². The molecule has 0 bridgehead atoms. The monoisotopic (exact) mass is 282 g/mol. The van der Waals surface area contributed by atoms with Crippen molar-refractivity contribution >= 4 is 17.7 Å². The minimum atomic E-state index is -0.355. The molecular weight excluding hydrogens is 260 g/mol. The quantitative estimate of drug-likeness (QED) is 0.553. The lowest BCUT2D eigenvalue weighted by atomic mass is 9.79. The fourth-order valence-corrected chi connectivity index (χ4v) is 2.19. The summed E-state index contributed by atoms with van der Waals surface area (Å²) in [7, 11) is 1.34. The number of hydrogen-bond acceptors (Lipinski definition) is 5. The lowest BCUT2D eigenvalue weighted by Gasteiger charge is -2.27.